The molecule has 0 aromatic heterocycles. The molecule has 1 aromatic carbocycles. The number of benzene rings is 1. The van der Waals surface area contributed by atoms with Gasteiger partial charge in [-0.1, -0.05) is 0 Å². The molecule has 1 aliphatic heterocycles. The average Bonchev–Trinajstić information content (AvgIpc) is 2.44. The lowest BCUT2D eigenvalue weighted by Gasteiger charge is -2.33. The lowest BCUT2D eigenvalue weighted by molar-refractivity contribution is 0.309. The summed E-state index contributed by atoms with van der Waals surface area (Å²) in [6, 6.07) is 4.51. The van der Waals surface area contributed by atoms with Crippen LogP contribution in [0.25, 0.3) is 0 Å². The normalized spacial score (nSPS) is 31.6. The molecular formula is C15H21FN2O2S. The molecule has 0 bridgehead atoms. The highest BCUT2D eigenvalue weighted by Crippen LogP contribution is 2.34. The van der Waals surface area contributed by atoms with Gasteiger partial charge < -0.3 is 11.1 Å². The summed E-state index contributed by atoms with van der Waals surface area (Å²) in [5.41, 5.74) is 6.49. The number of rotatable bonds is 2. The van der Waals surface area contributed by atoms with Crippen LogP contribution in [0, 0.1) is 5.82 Å². The van der Waals surface area contributed by atoms with Crippen molar-refractivity contribution in [1.82, 2.24) is 5.32 Å². The van der Waals surface area contributed by atoms with Gasteiger partial charge in [0.05, 0.1) is 10.6 Å². The topological polar surface area (TPSA) is 72.2 Å². The molecule has 116 valence electrons. The van der Waals surface area contributed by atoms with Crippen molar-refractivity contribution in [3.8, 4) is 0 Å². The van der Waals surface area contributed by atoms with Gasteiger partial charge in [0, 0.05) is 18.1 Å². The maximum absolute atomic E-state index is 13.5. The number of fused-ring (bicyclic) bond motifs is 1. The second kappa shape index (κ2) is 5.66. The second-order valence-corrected chi connectivity index (χ2v) is 8.20. The Morgan fingerprint density at radius 2 is 1.86 bits per heavy atom. The minimum Gasteiger partial charge on any atom is -0.328 e. The Morgan fingerprint density at radius 1 is 1.14 bits per heavy atom. The van der Waals surface area contributed by atoms with Crippen LogP contribution in [0.5, 0.6) is 0 Å². The molecule has 1 saturated carbocycles. The van der Waals surface area contributed by atoms with Gasteiger partial charge in [-0.25, -0.2) is 12.8 Å². The maximum atomic E-state index is 13.5. The van der Waals surface area contributed by atoms with Crippen molar-refractivity contribution in [2.75, 3.05) is 5.75 Å². The number of hydrogen-bond acceptors (Lipinski definition) is 4. The van der Waals surface area contributed by atoms with E-state index < -0.39 is 9.84 Å². The third-order valence-electron chi connectivity index (χ3n) is 4.57. The fourth-order valence-electron chi connectivity index (χ4n) is 3.36. The van der Waals surface area contributed by atoms with Crippen LogP contribution in [0.2, 0.25) is 0 Å². The quantitative estimate of drug-likeness (QED) is 0.818. The largest absolute Gasteiger partial charge is 0.328 e. The summed E-state index contributed by atoms with van der Waals surface area (Å²) >= 11 is 0. The van der Waals surface area contributed by atoms with E-state index in [4.69, 9.17) is 5.73 Å². The number of nitrogens with one attached hydrogen (secondary N) is 1. The van der Waals surface area contributed by atoms with Crippen molar-refractivity contribution < 1.29 is 12.8 Å². The molecule has 0 amide bonds. The van der Waals surface area contributed by atoms with Crippen LogP contribution in [0.1, 0.15) is 43.7 Å². The number of sulfone groups is 1. The molecule has 3 rings (SSSR count). The Balaban J connectivity index is 1.83. The van der Waals surface area contributed by atoms with Gasteiger partial charge in [0.25, 0.3) is 0 Å². The third-order valence-corrected chi connectivity index (χ3v) is 6.38. The van der Waals surface area contributed by atoms with Crippen LogP contribution in [0.4, 0.5) is 4.39 Å². The monoisotopic (exact) mass is 312 g/mol. The highest BCUT2D eigenvalue weighted by molar-refractivity contribution is 7.91. The van der Waals surface area contributed by atoms with Gasteiger partial charge >= 0.3 is 0 Å². The van der Waals surface area contributed by atoms with Crippen LogP contribution in [-0.2, 0) is 9.84 Å². The summed E-state index contributed by atoms with van der Waals surface area (Å²) in [6.07, 6.45) is 4.46. The summed E-state index contributed by atoms with van der Waals surface area (Å²) < 4.78 is 37.7. The second-order valence-electron chi connectivity index (χ2n) is 6.12. The first-order valence-corrected chi connectivity index (χ1v) is 9.15. The van der Waals surface area contributed by atoms with Crippen molar-refractivity contribution in [2.45, 2.75) is 55.1 Å². The van der Waals surface area contributed by atoms with E-state index in [0.717, 1.165) is 25.7 Å². The molecule has 4 nitrogen and oxygen atoms in total. The molecule has 2 aliphatic rings. The fourth-order valence-corrected chi connectivity index (χ4v) is 4.96. The van der Waals surface area contributed by atoms with Crippen LogP contribution < -0.4 is 11.1 Å². The maximum Gasteiger partial charge on any atom is 0.178 e. The molecule has 0 spiro atoms. The van der Waals surface area contributed by atoms with E-state index in [1.165, 1.54) is 18.2 Å². The predicted molar refractivity (Wildman–Crippen MR) is 79.2 cm³/mol. The van der Waals surface area contributed by atoms with Gasteiger partial charge in [-0.2, -0.15) is 0 Å². The lowest BCUT2D eigenvalue weighted by Crippen LogP contribution is -2.41. The van der Waals surface area contributed by atoms with E-state index in [9.17, 15) is 12.8 Å². The predicted octanol–water partition coefficient (Wildman–Crippen LogP) is 1.90. The van der Waals surface area contributed by atoms with Gasteiger partial charge in [0.2, 0.25) is 0 Å². The fraction of sp³-hybridized carbons (Fsp3) is 0.600. The first kappa shape index (κ1) is 14.9. The molecule has 1 aliphatic carbocycles. The smallest absolute Gasteiger partial charge is 0.178 e. The van der Waals surface area contributed by atoms with Gasteiger partial charge in [-0.15, -0.1) is 0 Å². The van der Waals surface area contributed by atoms with Crippen LogP contribution in [0.3, 0.4) is 0 Å². The molecule has 3 N–H and O–H groups in total. The van der Waals surface area contributed by atoms with Crippen LogP contribution in [-0.4, -0.2) is 26.3 Å². The molecule has 0 saturated heterocycles. The molecule has 1 unspecified atom stereocenters. The molecule has 1 aromatic rings. The van der Waals surface area contributed by atoms with E-state index >= 15 is 0 Å². The molecule has 1 fully saturated rings. The summed E-state index contributed by atoms with van der Waals surface area (Å²) in [5, 5.41) is 3.51. The molecule has 0 radical (unpaired) electrons. The Kier molecular flexibility index (Phi) is 4.03. The first-order valence-electron chi connectivity index (χ1n) is 7.49. The molecule has 1 atom stereocenters. The minimum absolute atomic E-state index is 0.0847. The SMILES string of the molecule is NC1CCC(NC2CCS(=O)(=O)c3ccc(F)cc32)CC1. The van der Waals surface area contributed by atoms with Crippen molar-refractivity contribution in [3.05, 3.63) is 29.6 Å². The van der Waals surface area contributed by atoms with E-state index in [-0.39, 0.29) is 28.5 Å². The highest BCUT2D eigenvalue weighted by Gasteiger charge is 2.32. The summed E-state index contributed by atoms with van der Waals surface area (Å²) in [4.78, 5) is 0.278. The Bertz CT molecular complexity index is 625. The van der Waals surface area contributed by atoms with Crippen molar-refractivity contribution in [2.24, 2.45) is 5.73 Å². The van der Waals surface area contributed by atoms with Crippen molar-refractivity contribution in [3.63, 3.8) is 0 Å². The molecule has 6 heteroatoms. The zero-order valence-electron chi connectivity index (χ0n) is 11.9. The Labute approximate surface area is 124 Å². The first-order chi connectivity index (χ1) is 9.95. The number of nitrogens with two attached hydrogens (primary N) is 1. The van der Waals surface area contributed by atoms with E-state index in [2.05, 4.69) is 5.32 Å². The average molecular weight is 312 g/mol. The summed E-state index contributed by atoms with van der Waals surface area (Å²) in [7, 11) is -3.27. The molecular weight excluding hydrogens is 291 g/mol. The summed E-state index contributed by atoms with van der Waals surface area (Å²) in [6.45, 7) is 0. The Hall–Kier alpha value is -0.980. The van der Waals surface area contributed by atoms with Gasteiger partial charge in [0.15, 0.2) is 9.84 Å². The van der Waals surface area contributed by atoms with Crippen LogP contribution >= 0.6 is 0 Å². The number of hydrogen-bond donors (Lipinski definition) is 2. The van der Waals surface area contributed by atoms with E-state index in [1.54, 1.807) is 0 Å². The van der Waals surface area contributed by atoms with Gasteiger partial charge in [0.1, 0.15) is 5.82 Å². The van der Waals surface area contributed by atoms with E-state index in [1.807, 2.05) is 0 Å². The zero-order chi connectivity index (χ0) is 15.0. The van der Waals surface area contributed by atoms with Crippen LogP contribution in [0.15, 0.2) is 23.1 Å². The van der Waals surface area contributed by atoms with Crippen molar-refractivity contribution in [1.29, 1.82) is 0 Å². The molecule has 21 heavy (non-hydrogen) atoms. The minimum atomic E-state index is -3.27. The van der Waals surface area contributed by atoms with E-state index in [0.29, 0.717) is 18.0 Å². The van der Waals surface area contributed by atoms with Crippen molar-refractivity contribution >= 4 is 9.84 Å². The van der Waals surface area contributed by atoms with Gasteiger partial charge in [-0.05, 0) is 55.9 Å². The lowest BCUT2D eigenvalue weighted by atomic mass is 9.90. The number of halogens is 1. The van der Waals surface area contributed by atoms with Gasteiger partial charge in [-0.3, -0.25) is 0 Å². The molecule has 1 heterocycles. The third kappa shape index (κ3) is 3.12. The Morgan fingerprint density at radius 3 is 2.57 bits per heavy atom. The summed E-state index contributed by atoms with van der Waals surface area (Å²) in [5.74, 6) is -0.265. The zero-order valence-corrected chi connectivity index (χ0v) is 12.7. The highest BCUT2D eigenvalue weighted by atomic mass is 32.2. The standard InChI is InChI=1S/C15H21FN2O2S/c16-10-1-6-15-13(9-10)14(7-8-21(15,19)20)18-12-4-2-11(17)3-5-12/h1,6,9,11-12,14,18H,2-5,7-8,17H2.